The topological polar surface area (TPSA) is 78.3 Å². The van der Waals surface area contributed by atoms with Crippen molar-refractivity contribution in [3.63, 3.8) is 0 Å². The molecule has 2 heterocycles. The molecule has 0 fully saturated rings. The van der Waals surface area contributed by atoms with E-state index in [0.717, 1.165) is 35.1 Å². The van der Waals surface area contributed by atoms with E-state index in [9.17, 15) is 0 Å². The summed E-state index contributed by atoms with van der Waals surface area (Å²) >= 11 is 1.58. The molecule has 7 heteroatoms. The van der Waals surface area contributed by atoms with Crippen LogP contribution in [0.4, 0.5) is 0 Å². The van der Waals surface area contributed by atoms with Gasteiger partial charge in [-0.25, -0.2) is 0 Å². The van der Waals surface area contributed by atoms with Gasteiger partial charge in [0.25, 0.3) is 0 Å². The lowest BCUT2D eigenvalue weighted by atomic mass is 10.1. The van der Waals surface area contributed by atoms with Crippen LogP contribution in [0.25, 0.3) is 4.96 Å². The van der Waals surface area contributed by atoms with Crippen LogP contribution in [0.1, 0.15) is 30.6 Å². The van der Waals surface area contributed by atoms with E-state index in [-0.39, 0.29) is 6.04 Å². The van der Waals surface area contributed by atoms with Gasteiger partial charge in [-0.2, -0.15) is 9.61 Å². The molecule has 0 saturated carbocycles. The lowest BCUT2D eigenvalue weighted by molar-refractivity contribution is 0.176. The predicted octanol–water partition coefficient (Wildman–Crippen LogP) is 1.00. The Hall–Kier alpha value is -1.05. The molecule has 0 spiro atoms. The fourth-order valence-electron chi connectivity index (χ4n) is 1.59. The second kappa shape index (κ2) is 5.52. The molecule has 94 valence electrons. The van der Waals surface area contributed by atoms with Crippen molar-refractivity contribution in [2.45, 2.75) is 38.8 Å². The molecule has 0 aliphatic carbocycles. The van der Waals surface area contributed by atoms with Crippen molar-refractivity contribution in [1.29, 1.82) is 0 Å². The number of rotatable bonds is 6. The Morgan fingerprint density at radius 1 is 1.47 bits per heavy atom. The summed E-state index contributed by atoms with van der Waals surface area (Å²) in [6, 6.07) is 0.254. The predicted molar refractivity (Wildman–Crippen MR) is 66.0 cm³/mol. The zero-order valence-corrected chi connectivity index (χ0v) is 10.9. The van der Waals surface area contributed by atoms with Gasteiger partial charge in [-0.05, 0) is 19.8 Å². The van der Waals surface area contributed by atoms with Gasteiger partial charge in [-0.15, -0.1) is 10.2 Å². The maximum absolute atomic E-state index is 5.71. The normalized spacial score (nSPS) is 13.4. The van der Waals surface area contributed by atoms with Crippen LogP contribution in [0, 0.1) is 0 Å². The Morgan fingerprint density at radius 2 is 2.29 bits per heavy atom. The Balaban J connectivity index is 2.04. The van der Waals surface area contributed by atoms with E-state index >= 15 is 0 Å². The number of ether oxygens (including phenoxy) is 1. The van der Waals surface area contributed by atoms with Crippen molar-refractivity contribution < 1.29 is 4.74 Å². The average Bonchev–Trinajstić information content (AvgIpc) is 2.80. The van der Waals surface area contributed by atoms with Crippen LogP contribution in [0.3, 0.4) is 0 Å². The van der Waals surface area contributed by atoms with Gasteiger partial charge in [-0.3, -0.25) is 0 Å². The fraction of sp³-hybridized carbons (Fsp3) is 0.700. The third kappa shape index (κ3) is 2.99. The molecule has 0 saturated heterocycles. The number of hydrogen-bond donors (Lipinski definition) is 1. The molecule has 6 nitrogen and oxygen atoms in total. The van der Waals surface area contributed by atoms with Crippen LogP contribution in [0.5, 0.6) is 0 Å². The minimum atomic E-state index is 0.254. The molecule has 17 heavy (non-hydrogen) atoms. The van der Waals surface area contributed by atoms with Crippen LogP contribution < -0.4 is 5.73 Å². The van der Waals surface area contributed by atoms with E-state index in [1.54, 1.807) is 23.0 Å². The van der Waals surface area contributed by atoms with E-state index in [0.29, 0.717) is 6.61 Å². The molecule has 2 aromatic rings. The number of hydrogen-bond acceptors (Lipinski definition) is 6. The Labute approximate surface area is 104 Å². The second-order valence-corrected chi connectivity index (χ2v) is 5.15. The molecule has 1 atom stereocenters. The second-order valence-electron chi connectivity index (χ2n) is 4.11. The number of fused-ring (bicyclic) bond motifs is 1. The molecule has 2 rings (SSSR count). The van der Waals surface area contributed by atoms with Gasteiger partial charge >= 0.3 is 0 Å². The summed E-state index contributed by atoms with van der Waals surface area (Å²) in [6.45, 7) is 2.46. The molecule has 0 bridgehead atoms. The van der Waals surface area contributed by atoms with E-state index in [4.69, 9.17) is 10.5 Å². The zero-order chi connectivity index (χ0) is 12.3. The van der Waals surface area contributed by atoms with Crippen molar-refractivity contribution in [3.05, 3.63) is 10.8 Å². The third-order valence-corrected chi connectivity index (χ3v) is 3.38. The third-order valence-electron chi connectivity index (χ3n) is 2.42. The summed E-state index contributed by atoms with van der Waals surface area (Å²) in [4.78, 5) is 0.827. The summed E-state index contributed by atoms with van der Waals surface area (Å²) in [5.41, 5.74) is 5.71. The summed E-state index contributed by atoms with van der Waals surface area (Å²) in [5.74, 6) is 0.747. The Kier molecular flexibility index (Phi) is 4.03. The van der Waals surface area contributed by atoms with E-state index in [2.05, 4.69) is 15.3 Å². The molecule has 2 aromatic heterocycles. The summed E-state index contributed by atoms with van der Waals surface area (Å²) in [5, 5.41) is 13.6. The smallest absolute Gasteiger partial charge is 0.234 e. The van der Waals surface area contributed by atoms with E-state index in [1.165, 1.54) is 0 Å². The van der Waals surface area contributed by atoms with Crippen molar-refractivity contribution in [1.82, 2.24) is 19.8 Å². The van der Waals surface area contributed by atoms with Crippen LogP contribution in [-0.4, -0.2) is 33.0 Å². The van der Waals surface area contributed by atoms with Gasteiger partial charge in [0.15, 0.2) is 5.82 Å². The lowest BCUT2D eigenvalue weighted by Gasteiger charge is -2.01. The highest BCUT2D eigenvalue weighted by Crippen LogP contribution is 2.16. The zero-order valence-electron chi connectivity index (χ0n) is 10.1. The van der Waals surface area contributed by atoms with Crippen LogP contribution in [0.2, 0.25) is 0 Å². The molecule has 0 amide bonds. The van der Waals surface area contributed by atoms with Crippen molar-refractivity contribution in [2.75, 3.05) is 7.11 Å². The molecule has 1 unspecified atom stereocenters. The number of methoxy groups -OCH3 is 1. The highest BCUT2D eigenvalue weighted by molar-refractivity contribution is 7.16. The van der Waals surface area contributed by atoms with Crippen LogP contribution >= 0.6 is 11.3 Å². The largest absolute Gasteiger partial charge is 0.377 e. The van der Waals surface area contributed by atoms with Crippen molar-refractivity contribution in [3.8, 4) is 0 Å². The molecule has 0 aromatic carbocycles. The van der Waals surface area contributed by atoms with E-state index < -0.39 is 0 Å². The molecule has 2 N–H and O–H groups in total. The van der Waals surface area contributed by atoms with Gasteiger partial charge in [0.2, 0.25) is 4.96 Å². The molecular weight excluding hydrogens is 238 g/mol. The first-order chi connectivity index (χ1) is 8.20. The number of aromatic nitrogens is 4. The molecular formula is C10H17N5OS. The van der Waals surface area contributed by atoms with Gasteiger partial charge in [0.05, 0.1) is 0 Å². The summed E-state index contributed by atoms with van der Waals surface area (Å²) in [6.07, 6.45) is 3.02. The number of aryl methyl sites for hydroxylation is 1. The Bertz CT molecular complexity index is 478. The summed E-state index contributed by atoms with van der Waals surface area (Å²) in [7, 11) is 1.64. The minimum Gasteiger partial charge on any atom is -0.377 e. The maximum Gasteiger partial charge on any atom is 0.234 e. The van der Waals surface area contributed by atoms with Gasteiger partial charge in [0, 0.05) is 19.6 Å². The van der Waals surface area contributed by atoms with Gasteiger partial charge in [-0.1, -0.05) is 11.3 Å². The molecule has 0 radical (unpaired) electrons. The Morgan fingerprint density at radius 3 is 3.00 bits per heavy atom. The first-order valence-electron chi connectivity index (χ1n) is 5.65. The maximum atomic E-state index is 5.71. The number of nitrogens with two attached hydrogens (primary N) is 1. The SMILES string of the molecule is COCc1nnc2sc(CCCC(C)N)nn12. The minimum absolute atomic E-state index is 0.254. The van der Waals surface area contributed by atoms with Gasteiger partial charge in [0.1, 0.15) is 11.6 Å². The van der Waals surface area contributed by atoms with Crippen LogP contribution in [0.15, 0.2) is 0 Å². The van der Waals surface area contributed by atoms with Crippen molar-refractivity contribution in [2.24, 2.45) is 5.73 Å². The lowest BCUT2D eigenvalue weighted by Crippen LogP contribution is -2.14. The molecule has 0 aliphatic rings. The standard InChI is InChI=1S/C10H17N5OS/c1-7(11)4-3-5-9-14-15-8(6-16-2)12-13-10(15)17-9/h7H,3-6,11H2,1-2H3. The molecule has 0 aliphatic heterocycles. The van der Waals surface area contributed by atoms with Gasteiger partial charge < -0.3 is 10.5 Å². The summed E-state index contributed by atoms with van der Waals surface area (Å²) < 4.78 is 6.80. The highest BCUT2D eigenvalue weighted by Gasteiger charge is 2.11. The van der Waals surface area contributed by atoms with Crippen molar-refractivity contribution >= 4 is 16.3 Å². The number of nitrogens with zero attached hydrogens (tertiary/aromatic N) is 4. The first kappa shape index (κ1) is 12.4. The van der Waals surface area contributed by atoms with Crippen LogP contribution in [-0.2, 0) is 17.8 Å². The van der Waals surface area contributed by atoms with E-state index in [1.807, 2.05) is 6.92 Å². The monoisotopic (exact) mass is 255 g/mol. The highest BCUT2D eigenvalue weighted by atomic mass is 32.1. The quantitative estimate of drug-likeness (QED) is 0.833. The first-order valence-corrected chi connectivity index (χ1v) is 6.47. The average molecular weight is 255 g/mol. The fourth-order valence-corrected chi connectivity index (χ4v) is 2.49.